The van der Waals surface area contributed by atoms with Gasteiger partial charge in [0, 0.05) is 17.3 Å². The van der Waals surface area contributed by atoms with Crippen LogP contribution in [-0.4, -0.2) is 11.0 Å². The number of benzene rings is 1. The summed E-state index contributed by atoms with van der Waals surface area (Å²) >= 11 is 4.99. The summed E-state index contributed by atoms with van der Waals surface area (Å²) in [4.78, 5) is 0.240. The van der Waals surface area contributed by atoms with Gasteiger partial charge in [0.15, 0.2) is 0 Å². The molecule has 0 aliphatic heterocycles. The first kappa shape index (κ1) is 14.3. The summed E-state index contributed by atoms with van der Waals surface area (Å²) in [7, 11) is 0. The van der Waals surface area contributed by atoms with E-state index in [4.69, 9.17) is 18.0 Å². The van der Waals surface area contributed by atoms with Gasteiger partial charge in [-0.25, -0.2) is 4.39 Å². The molecule has 0 atom stereocenters. The molecule has 0 heterocycles. The fourth-order valence-corrected chi connectivity index (χ4v) is 2.95. The minimum Gasteiger partial charge on any atom is -0.389 e. The van der Waals surface area contributed by atoms with Crippen molar-refractivity contribution in [3.8, 4) is 0 Å². The number of anilines is 1. The van der Waals surface area contributed by atoms with Crippen molar-refractivity contribution in [3.63, 3.8) is 0 Å². The average molecular weight is 280 g/mol. The third-order valence-electron chi connectivity index (χ3n) is 4.03. The number of nitrogens with two attached hydrogens (primary N) is 1. The summed E-state index contributed by atoms with van der Waals surface area (Å²) < 4.78 is 13.2. The van der Waals surface area contributed by atoms with Gasteiger partial charge in [0.2, 0.25) is 0 Å². The maximum atomic E-state index is 13.2. The molecule has 1 aromatic rings. The zero-order valence-corrected chi connectivity index (χ0v) is 12.1. The van der Waals surface area contributed by atoms with Crippen LogP contribution in [-0.2, 0) is 0 Å². The lowest BCUT2D eigenvalue weighted by atomic mass is 9.84. The standard InChI is InChI=1S/C15H21FN2S/c1-2-10-3-6-12(7-4-10)18-14-8-5-11(16)9-13(14)15(17)19/h5,8-10,12,18H,2-4,6-7H2,1H3,(H2,17,19). The van der Waals surface area contributed by atoms with Crippen LogP contribution in [0, 0.1) is 11.7 Å². The zero-order chi connectivity index (χ0) is 13.8. The maximum absolute atomic E-state index is 13.2. The van der Waals surface area contributed by atoms with E-state index in [1.165, 1.54) is 31.4 Å². The molecule has 3 N–H and O–H groups in total. The number of rotatable bonds is 4. The van der Waals surface area contributed by atoms with Crippen molar-refractivity contribution in [1.82, 2.24) is 0 Å². The van der Waals surface area contributed by atoms with Gasteiger partial charge in [0.05, 0.1) is 0 Å². The molecule has 0 amide bonds. The summed E-state index contributed by atoms with van der Waals surface area (Å²) in [6, 6.07) is 5.03. The zero-order valence-electron chi connectivity index (χ0n) is 11.3. The molecule has 1 fully saturated rings. The van der Waals surface area contributed by atoms with Crippen LogP contribution in [0.5, 0.6) is 0 Å². The fraction of sp³-hybridized carbons (Fsp3) is 0.533. The van der Waals surface area contributed by atoms with Crippen LogP contribution in [0.2, 0.25) is 0 Å². The summed E-state index contributed by atoms with van der Waals surface area (Å²) in [5.74, 6) is 0.560. The Kier molecular flexibility index (Phi) is 4.75. The van der Waals surface area contributed by atoms with Crippen LogP contribution in [0.15, 0.2) is 18.2 Å². The molecular weight excluding hydrogens is 259 g/mol. The Labute approximate surface area is 119 Å². The van der Waals surface area contributed by atoms with Crippen molar-refractivity contribution >= 4 is 22.9 Å². The van der Waals surface area contributed by atoms with E-state index in [-0.39, 0.29) is 10.8 Å². The van der Waals surface area contributed by atoms with Gasteiger partial charge in [0.1, 0.15) is 10.8 Å². The molecule has 1 aliphatic carbocycles. The highest BCUT2D eigenvalue weighted by molar-refractivity contribution is 7.80. The van der Waals surface area contributed by atoms with Crippen LogP contribution in [0.3, 0.4) is 0 Å². The van der Waals surface area contributed by atoms with E-state index in [0.29, 0.717) is 11.6 Å². The van der Waals surface area contributed by atoms with Crippen LogP contribution in [0.1, 0.15) is 44.6 Å². The van der Waals surface area contributed by atoms with Crippen LogP contribution in [0.4, 0.5) is 10.1 Å². The van der Waals surface area contributed by atoms with E-state index in [1.54, 1.807) is 6.07 Å². The van der Waals surface area contributed by atoms with E-state index in [0.717, 1.165) is 24.4 Å². The Balaban J connectivity index is 2.05. The predicted octanol–water partition coefficient (Wildman–Crippen LogP) is 3.84. The Morgan fingerprint density at radius 3 is 2.63 bits per heavy atom. The Morgan fingerprint density at radius 1 is 1.37 bits per heavy atom. The van der Waals surface area contributed by atoms with Gasteiger partial charge in [-0.15, -0.1) is 0 Å². The topological polar surface area (TPSA) is 38.0 Å². The van der Waals surface area contributed by atoms with Gasteiger partial charge in [0.25, 0.3) is 0 Å². The lowest BCUT2D eigenvalue weighted by Gasteiger charge is -2.29. The highest BCUT2D eigenvalue weighted by Crippen LogP contribution is 2.29. The molecule has 0 saturated heterocycles. The normalized spacial score (nSPS) is 23.1. The third kappa shape index (κ3) is 3.66. The molecule has 0 radical (unpaired) electrons. The molecule has 0 aromatic heterocycles. The number of thiocarbonyl (C=S) groups is 1. The molecule has 2 nitrogen and oxygen atoms in total. The first-order chi connectivity index (χ1) is 9.10. The molecule has 4 heteroatoms. The molecule has 104 valence electrons. The smallest absolute Gasteiger partial charge is 0.124 e. The second kappa shape index (κ2) is 6.33. The Bertz CT molecular complexity index is 453. The van der Waals surface area contributed by atoms with E-state index in [9.17, 15) is 4.39 Å². The van der Waals surface area contributed by atoms with E-state index < -0.39 is 0 Å². The van der Waals surface area contributed by atoms with Crippen molar-refractivity contribution in [2.75, 3.05) is 5.32 Å². The molecule has 0 bridgehead atoms. The summed E-state index contributed by atoms with van der Waals surface area (Å²) in [6.45, 7) is 2.25. The lowest BCUT2D eigenvalue weighted by molar-refractivity contribution is 0.330. The summed E-state index contributed by atoms with van der Waals surface area (Å²) in [5.41, 5.74) is 7.12. The second-order valence-corrected chi connectivity index (χ2v) is 5.76. The maximum Gasteiger partial charge on any atom is 0.124 e. The van der Waals surface area contributed by atoms with Crippen molar-refractivity contribution < 1.29 is 4.39 Å². The number of halogens is 1. The lowest BCUT2D eigenvalue weighted by Crippen LogP contribution is -2.27. The fourth-order valence-electron chi connectivity index (χ4n) is 2.78. The molecule has 1 aliphatic rings. The minimum absolute atomic E-state index is 0.240. The molecule has 1 saturated carbocycles. The van der Waals surface area contributed by atoms with Crippen molar-refractivity contribution in [2.24, 2.45) is 11.7 Å². The quantitative estimate of drug-likeness (QED) is 0.823. The van der Waals surface area contributed by atoms with Gasteiger partial charge in [-0.1, -0.05) is 25.6 Å². The minimum atomic E-state index is -0.303. The SMILES string of the molecule is CCC1CCC(Nc2ccc(F)cc2C(N)=S)CC1. The van der Waals surface area contributed by atoms with Gasteiger partial charge in [-0.05, 0) is 49.8 Å². The van der Waals surface area contributed by atoms with Crippen LogP contribution >= 0.6 is 12.2 Å². The molecule has 19 heavy (non-hydrogen) atoms. The molecular formula is C15H21FN2S. The van der Waals surface area contributed by atoms with E-state index >= 15 is 0 Å². The highest BCUT2D eigenvalue weighted by Gasteiger charge is 2.20. The number of hydrogen-bond donors (Lipinski definition) is 2. The van der Waals surface area contributed by atoms with E-state index in [1.807, 2.05) is 0 Å². The average Bonchev–Trinajstić information content (AvgIpc) is 2.41. The van der Waals surface area contributed by atoms with Crippen molar-refractivity contribution in [1.29, 1.82) is 0 Å². The van der Waals surface area contributed by atoms with Crippen LogP contribution < -0.4 is 11.1 Å². The predicted molar refractivity (Wildman–Crippen MR) is 81.9 cm³/mol. The van der Waals surface area contributed by atoms with Gasteiger partial charge in [-0.2, -0.15) is 0 Å². The number of nitrogens with one attached hydrogen (secondary N) is 1. The summed E-state index contributed by atoms with van der Waals surface area (Å²) in [6.07, 6.45) is 6.11. The highest BCUT2D eigenvalue weighted by atomic mass is 32.1. The van der Waals surface area contributed by atoms with Crippen molar-refractivity contribution in [3.05, 3.63) is 29.6 Å². The van der Waals surface area contributed by atoms with Crippen LogP contribution in [0.25, 0.3) is 0 Å². The Hall–Kier alpha value is -1.16. The first-order valence-electron chi connectivity index (χ1n) is 6.96. The summed E-state index contributed by atoms with van der Waals surface area (Å²) in [5, 5.41) is 3.47. The first-order valence-corrected chi connectivity index (χ1v) is 7.37. The number of hydrogen-bond acceptors (Lipinski definition) is 2. The second-order valence-electron chi connectivity index (χ2n) is 5.32. The van der Waals surface area contributed by atoms with Gasteiger partial charge in [-0.3, -0.25) is 0 Å². The van der Waals surface area contributed by atoms with Gasteiger partial charge < -0.3 is 11.1 Å². The van der Waals surface area contributed by atoms with E-state index in [2.05, 4.69) is 12.2 Å². The Morgan fingerprint density at radius 2 is 2.05 bits per heavy atom. The molecule has 0 spiro atoms. The van der Waals surface area contributed by atoms with Crippen molar-refractivity contribution in [2.45, 2.75) is 45.1 Å². The molecule has 0 unspecified atom stereocenters. The monoisotopic (exact) mass is 280 g/mol. The third-order valence-corrected chi connectivity index (χ3v) is 4.25. The van der Waals surface area contributed by atoms with Gasteiger partial charge >= 0.3 is 0 Å². The molecule has 2 rings (SSSR count). The molecule has 1 aromatic carbocycles. The largest absolute Gasteiger partial charge is 0.389 e.